The van der Waals surface area contributed by atoms with E-state index in [1.807, 2.05) is 27.7 Å². The summed E-state index contributed by atoms with van der Waals surface area (Å²) in [6.45, 7) is 8.84. The predicted octanol–water partition coefficient (Wildman–Crippen LogP) is 1.94. The van der Waals surface area contributed by atoms with Crippen molar-refractivity contribution >= 4 is 11.8 Å². The number of piperazine rings is 1. The molecule has 1 aliphatic heterocycles. The minimum atomic E-state index is -0.331. The van der Waals surface area contributed by atoms with Crippen LogP contribution in [0.2, 0.25) is 0 Å². The molecule has 0 aliphatic carbocycles. The Morgan fingerprint density at radius 3 is 2.39 bits per heavy atom. The Balaban J connectivity index is 2.89. The lowest BCUT2D eigenvalue weighted by atomic mass is 9.93. The molecule has 1 N–H and O–H groups in total. The van der Waals surface area contributed by atoms with Gasteiger partial charge < -0.3 is 10.2 Å². The van der Waals surface area contributed by atoms with E-state index >= 15 is 0 Å². The van der Waals surface area contributed by atoms with Crippen molar-refractivity contribution in [3.05, 3.63) is 0 Å². The molecule has 1 heterocycles. The van der Waals surface area contributed by atoms with E-state index < -0.39 is 0 Å². The van der Waals surface area contributed by atoms with Gasteiger partial charge >= 0.3 is 0 Å². The molecule has 4 heteroatoms. The van der Waals surface area contributed by atoms with E-state index in [0.717, 1.165) is 25.7 Å². The maximum atomic E-state index is 12.5. The largest absolute Gasteiger partial charge is 0.342 e. The number of carbonyl (C=O) groups is 2. The second-order valence-corrected chi connectivity index (χ2v) is 5.21. The fourth-order valence-electron chi connectivity index (χ4n) is 2.47. The molecule has 0 aromatic rings. The third-order valence-electron chi connectivity index (χ3n) is 3.77. The second kappa shape index (κ2) is 6.76. The summed E-state index contributed by atoms with van der Waals surface area (Å²) in [5, 5.41) is 2.91. The number of hydrogen-bond donors (Lipinski definition) is 1. The van der Waals surface area contributed by atoms with Crippen molar-refractivity contribution in [2.75, 3.05) is 6.54 Å². The summed E-state index contributed by atoms with van der Waals surface area (Å²) in [6.07, 6.45) is 3.46. The molecule has 0 spiro atoms. The van der Waals surface area contributed by atoms with Crippen LogP contribution in [-0.4, -0.2) is 35.3 Å². The Morgan fingerprint density at radius 2 is 1.89 bits per heavy atom. The third-order valence-corrected chi connectivity index (χ3v) is 3.77. The van der Waals surface area contributed by atoms with Crippen molar-refractivity contribution in [1.29, 1.82) is 0 Å². The van der Waals surface area contributed by atoms with E-state index in [1.54, 1.807) is 4.90 Å². The topological polar surface area (TPSA) is 49.4 Å². The van der Waals surface area contributed by atoms with Crippen LogP contribution < -0.4 is 5.32 Å². The van der Waals surface area contributed by atoms with Crippen molar-refractivity contribution in [3.63, 3.8) is 0 Å². The summed E-state index contributed by atoms with van der Waals surface area (Å²) in [4.78, 5) is 26.4. The molecular weight excluding hydrogens is 228 g/mol. The number of amides is 2. The molecule has 1 aliphatic rings. The Bertz CT molecular complexity index is 304. The molecule has 1 saturated heterocycles. The summed E-state index contributed by atoms with van der Waals surface area (Å²) in [7, 11) is 0. The molecule has 1 rings (SSSR count). The Kier molecular flexibility index (Phi) is 5.63. The number of carbonyl (C=O) groups excluding carboxylic acids is 2. The van der Waals surface area contributed by atoms with Crippen LogP contribution in [0.25, 0.3) is 0 Å². The lowest BCUT2D eigenvalue weighted by Crippen LogP contribution is -2.64. The van der Waals surface area contributed by atoms with Crippen molar-refractivity contribution in [3.8, 4) is 0 Å². The average molecular weight is 254 g/mol. The van der Waals surface area contributed by atoms with E-state index in [9.17, 15) is 9.59 Å². The molecule has 0 radical (unpaired) electrons. The van der Waals surface area contributed by atoms with Crippen LogP contribution in [0.3, 0.4) is 0 Å². The van der Waals surface area contributed by atoms with Gasteiger partial charge in [-0.25, -0.2) is 0 Å². The smallest absolute Gasteiger partial charge is 0.246 e. The van der Waals surface area contributed by atoms with E-state index in [-0.39, 0.29) is 29.8 Å². The van der Waals surface area contributed by atoms with Gasteiger partial charge in [0.15, 0.2) is 0 Å². The molecule has 3 unspecified atom stereocenters. The summed E-state index contributed by atoms with van der Waals surface area (Å²) < 4.78 is 0. The van der Waals surface area contributed by atoms with Crippen molar-refractivity contribution in [2.24, 2.45) is 5.92 Å². The molecule has 104 valence electrons. The van der Waals surface area contributed by atoms with E-state index in [2.05, 4.69) is 5.32 Å². The predicted molar refractivity (Wildman–Crippen MR) is 72.1 cm³/mol. The van der Waals surface area contributed by atoms with Gasteiger partial charge in [-0.15, -0.1) is 0 Å². The number of rotatable bonds is 6. The first-order chi connectivity index (χ1) is 8.56. The summed E-state index contributed by atoms with van der Waals surface area (Å²) in [5.41, 5.74) is 0. The summed E-state index contributed by atoms with van der Waals surface area (Å²) in [5.74, 6) is 0.322. The first-order valence-corrected chi connectivity index (χ1v) is 7.17. The van der Waals surface area contributed by atoms with E-state index in [0.29, 0.717) is 6.54 Å². The van der Waals surface area contributed by atoms with Gasteiger partial charge in [-0.3, -0.25) is 9.59 Å². The quantitative estimate of drug-likeness (QED) is 0.787. The molecule has 4 nitrogen and oxygen atoms in total. The molecule has 18 heavy (non-hydrogen) atoms. The van der Waals surface area contributed by atoms with Gasteiger partial charge in [-0.1, -0.05) is 40.5 Å². The van der Waals surface area contributed by atoms with Crippen LogP contribution >= 0.6 is 0 Å². The zero-order chi connectivity index (χ0) is 13.7. The van der Waals surface area contributed by atoms with E-state index in [1.165, 1.54) is 0 Å². The zero-order valence-corrected chi connectivity index (χ0v) is 12.0. The lowest BCUT2D eigenvalue weighted by molar-refractivity contribution is -0.151. The molecule has 0 saturated carbocycles. The molecule has 1 fully saturated rings. The van der Waals surface area contributed by atoms with E-state index in [4.69, 9.17) is 0 Å². The van der Waals surface area contributed by atoms with Gasteiger partial charge in [0.25, 0.3) is 0 Å². The second-order valence-electron chi connectivity index (χ2n) is 5.21. The van der Waals surface area contributed by atoms with Crippen LogP contribution in [0.1, 0.15) is 53.4 Å². The Hall–Kier alpha value is -1.06. The average Bonchev–Trinajstić information content (AvgIpc) is 2.36. The number of hydrogen-bond acceptors (Lipinski definition) is 2. The van der Waals surface area contributed by atoms with Crippen LogP contribution in [0, 0.1) is 5.92 Å². The molecule has 2 amide bonds. The number of nitrogens with zero attached hydrogens (tertiary/aromatic N) is 1. The lowest BCUT2D eigenvalue weighted by Gasteiger charge is -2.40. The van der Waals surface area contributed by atoms with Crippen molar-refractivity contribution < 1.29 is 9.59 Å². The van der Waals surface area contributed by atoms with Crippen LogP contribution in [0.15, 0.2) is 0 Å². The SMILES string of the molecule is CCCC1C(=O)NC(C(C)CC)C(=O)N1CCC. The highest BCUT2D eigenvalue weighted by Gasteiger charge is 2.41. The highest BCUT2D eigenvalue weighted by atomic mass is 16.2. The summed E-state index contributed by atoms with van der Waals surface area (Å²) in [6, 6.07) is -0.593. The van der Waals surface area contributed by atoms with Gasteiger partial charge in [-0.2, -0.15) is 0 Å². The molecule has 0 bridgehead atoms. The van der Waals surface area contributed by atoms with Gasteiger partial charge in [0, 0.05) is 6.54 Å². The molecule has 3 atom stereocenters. The van der Waals surface area contributed by atoms with Crippen LogP contribution in [0.5, 0.6) is 0 Å². The van der Waals surface area contributed by atoms with Crippen LogP contribution in [-0.2, 0) is 9.59 Å². The fourth-order valence-corrected chi connectivity index (χ4v) is 2.47. The summed E-state index contributed by atoms with van der Waals surface area (Å²) >= 11 is 0. The third kappa shape index (κ3) is 3.03. The van der Waals surface area contributed by atoms with Gasteiger partial charge in [0.05, 0.1) is 0 Å². The molecule has 0 aromatic heterocycles. The maximum absolute atomic E-state index is 12.5. The maximum Gasteiger partial charge on any atom is 0.246 e. The number of nitrogens with one attached hydrogen (secondary N) is 1. The van der Waals surface area contributed by atoms with Crippen molar-refractivity contribution in [2.45, 2.75) is 65.5 Å². The first-order valence-electron chi connectivity index (χ1n) is 7.17. The minimum Gasteiger partial charge on any atom is -0.342 e. The zero-order valence-electron chi connectivity index (χ0n) is 12.0. The molecular formula is C14H26N2O2. The standard InChI is InChI=1S/C14H26N2O2/c1-5-8-11-13(17)15-12(10(4)7-3)14(18)16(11)9-6-2/h10-12H,5-9H2,1-4H3,(H,15,17). The highest BCUT2D eigenvalue weighted by Crippen LogP contribution is 2.20. The fraction of sp³-hybridized carbons (Fsp3) is 0.857. The van der Waals surface area contributed by atoms with Crippen LogP contribution in [0.4, 0.5) is 0 Å². The van der Waals surface area contributed by atoms with Gasteiger partial charge in [-0.05, 0) is 18.8 Å². The Morgan fingerprint density at radius 1 is 1.22 bits per heavy atom. The monoisotopic (exact) mass is 254 g/mol. The van der Waals surface area contributed by atoms with Gasteiger partial charge in [0.2, 0.25) is 11.8 Å². The van der Waals surface area contributed by atoms with Crippen molar-refractivity contribution in [1.82, 2.24) is 10.2 Å². The minimum absolute atomic E-state index is 0.0233. The highest BCUT2D eigenvalue weighted by molar-refractivity contribution is 5.97. The normalized spacial score (nSPS) is 26.1. The first kappa shape index (κ1) is 15.0. The Labute approximate surface area is 110 Å². The molecule has 0 aromatic carbocycles. The van der Waals surface area contributed by atoms with Gasteiger partial charge in [0.1, 0.15) is 12.1 Å².